The number of nitrogens with zero attached hydrogens (tertiary/aromatic N) is 1. The van der Waals surface area contributed by atoms with Gasteiger partial charge < -0.3 is 10.6 Å². The molecule has 16 heavy (non-hydrogen) atoms. The number of benzene rings is 1. The molecule has 1 unspecified atom stereocenters. The minimum atomic E-state index is 0.494. The van der Waals surface area contributed by atoms with E-state index >= 15 is 0 Å². The van der Waals surface area contributed by atoms with Crippen molar-refractivity contribution < 1.29 is 0 Å². The monoisotopic (exact) mass is 237 g/mol. The molecule has 0 fully saturated rings. The molecule has 2 N–H and O–H groups in total. The second-order valence-electron chi connectivity index (χ2n) is 3.82. The number of anilines is 1. The van der Waals surface area contributed by atoms with Crippen molar-refractivity contribution >= 4 is 17.3 Å². The average Bonchev–Trinajstić information content (AvgIpc) is 2.27. The lowest BCUT2D eigenvalue weighted by molar-refractivity contribution is 0.569. The third-order valence-corrected chi connectivity index (χ3v) is 2.63. The van der Waals surface area contributed by atoms with Gasteiger partial charge in [0.25, 0.3) is 0 Å². The summed E-state index contributed by atoms with van der Waals surface area (Å²) in [6, 6.07) is 7.55. The summed E-state index contributed by atoms with van der Waals surface area (Å²) >= 11 is 5.93. The summed E-state index contributed by atoms with van der Waals surface area (Å²) in [6.45, 7) is 3.89. The molecule has 0 bridgehead atoms. The molecule has 1 aromatic carbocycles. The standard InChI is InChI=1S/C12H16ClN3/c1-9(7-15-2)8-16-12-5-3-4-11(13)10(12)6-14/h3-5,9,15-16H,7-8H2,1-2H3. The van der Waals surface area contributed by atoms with E-state index in [9.17, 15) is 0 Å². The van der Waals surface area contributed by atoms with Gasteiger partial charge in [0.1, 0.15) is 6.07 Å². The van der Waals surface area contributed by atoms with E-state index in [1.165, 1.54) is 0 Å². The first-order chi connectivity index (χ1) is 7.69. The Morgan fingerprint density at radius 2 is 2.19 bits per heavy atom. The molecule has 0 radical (unpaired) electrons. The Labute approximate surface area is 101 Å². The van der Waals surface area contributed by atoms with Crippen LogP contribution in [0.4, 0.5) is 5.69 Å². The number of nitriles is 1. The minimum absolute atomic E-state index is 0.494. The molecule has 0 aliphatic heterocycles. The summed E-state index contributed by atoms with van der Waals surface area (Å²) in [5, 5.41) is 15.8. The van der Waals surface area contributed by atoms with Crippen molar-refractivity contribution in [2.75, 3.05) is 25.5 Å². The van der Waals surface area contributed by atoms with Gasteiger partial charge in [-0.2, -0.15) is 5.26 Å². The van der Waals surface area contributed by atoms with E-state index < -0.39 is 0 Å². The first kappa shape index (κ1) is 12.8. The lowest BCUT2D eigenvalue weighted by atomic mass is 10.1. The van der Waals surface area contributed by atoms with E-state index in [1.54, 1.807) is 6.07 Å². The molecule has 1 rings (SSSR count). The van der Waals surface area contributed by atoms with Crippen LogP contribution in [0.15, 0.2) is 18.2 Å². The van der Waals surface area contributed by atoms with E-state index in [-0.39, 0.29) is 0 Å². The van der Waals surface area contributed by atoms with Crippen LogP contribution in [-0.2, 0) is 0 Å². The third kappa shape index (κ3) is 3.41. The Balaban J connectivity index is 2.67. The number of hydrogen-bond donors (Lipinski definition) is 2. The quantitative estimate of drug-likeness (QED) is 0.827. The third-order valence-electron chi connectivity index (χ3n) is 2.32. The fraction of sp³-hybridized carbons (Fsp3) is 0.417. The molecule has 0 aliphatic rings. The molecule has 0 spiro atoms. The number of nitrogens with one attached hydrogen (secondary N) is 2. The van der Waals surface area contributed by atoms with Crippen LogP contribution in [0, 0.1) is 17.2 Å². The van der Waals surface area contributed by atoms with E-state index in [2.05, 4.69) is 23.6 Å². The summed E-state index contributed by atoms with van der Waals surface area (Å²) in [7, 11) is 1.93. The number of halogens is 1. The second-order valence-corrected chi connectivity index (χ2v) is 4.23. The van der Waals surface area contributed by atoms with Crippen LogP contribution in [0.3, 0.4) is 0 Å². The zero-order valence-electron chi connectivity index (χ0n) is 9.55. The maximum atomic E-state index is 8.98. The number of rotatable bonds is 5. The maximum absolute atomic E-state index is 8.98. The highest BCUT2D eigenvalue weighted by Gasteiger charge is 2.07. The van der Waals surface area contributed by atoms with E-state index in [4.69, 9.17) is 16.9 Å². The smallest absolute Gasteiger partial charge is 0.103 e. The maximum Gasteiger partial charge on any atom is 0.103 e. The lowest BCUT2D eigenvalue weighted by Crippen LogP contribution is -2.23. The van der Waals surface area contributed by atoms with Crippen molar-refractivity contribution in [2.24, 2.45) is 5.92 Å². The largest absolute Gasteiger partial charge is 0.384 e. The fourth-order valence-corrected chi connectivity index (χ4v) is 1.71. The van der Waals surface area contributed by atoms with Crippen LogP contribution in [0.5, 0.6) is 0 Å². The summed E-state index contributed by atoms with van der Waals surface area (Å²) in [5.41, 5.74) is 1.32. The van der Waals surface area contributed by atoms with Gasteiger partial charge in [-0.05, 0) is 31.6 Å². The van der Waals surface area contributed by atoms with Gasteiger partial charge in [0.15, 0.2) is 0 Å². The van der Waals surface area contributed by atoms with Gasteiger partial charge in [-0.25, -0.2) is 0 Å². The highest BCUT2D eigenvalue weighted by atomic mass is 35.5. The number of hydrogen-bond acceptors (Lipinski definition) is 3. The van der Waals surface area contributed by atoms with Crippen molar-refractivity contribution in [3.63, 3.8) is 0 Å². The Bertz CT molecular complexity index is 384. The Morgan fingerprint density at radius 3 is 2.81 bits per heavy atom. The van der Waals surface area contributed by atoms with E-state index in [0.29, 0.717) is 16.5 Å². The second kappa shape index (κ2) is 6.37. The Morgan fingerprint density at radius 1 is 1.44 bits per heavy atom. The Kier molecular flexibility index (Phi) is 5.10. The summed E-state index contributed by atoms with van der Waals surface area (Å²) in [5.74, 6) is 0.496. The van der Waals surface area contributed by atoms with Gasteiger partial charge in [-0.3, -0.25) is 0 Å². The van der Waals surface area contributed by atoms with Crippen molar-refractivity contribution in [1.82, 2.24) is 5.32 Å². The molecule has 1 atom stereocenters. The van der Waals surface area contributed by atoms with Crippen molar-refractivity contribution in [2.45, 2.75) is 6.92 Å². The zero-order chi connectivity index (χ0) is 12.0. The van der Waals surface area contributed by atoms with Gasteiger partial charge in [0, 0.05) is 6.54 Å². The van der Waals surface area contributed by atoms with Crippen LogP contribution in [0.25, 0.3) is 0 Å². The SMILES string of the molecule is CNCC(C)CNc1cccc(Cl)c1C#N. The van der Waals surface area contributed by atoms with Gasteiger partial charge in [0.2, 0.25) is 0 Å². The molecule has 0 aromatic heterocycles. The lowest BCUT2D eigenvalue weighted by Gasteiger charge is -2.14. The van der Waals surface area contributed by atoms with Gasteiger partial charge in [0.05, 0.1) is 16.3 Å². The summed E-state index contributed by atoms with van der Waals surface area (Å²) < 4.78 is 0. The van der Waals surface area contributed by atoms with Crippen LogP contribution < -0.4 is 10.6 Å². The molecular formula is C12H16ClN3. The normalized spacial score (nSPS) is 11.9. The predicted molar refractivity (Wildman–Crippen MR) is 67.7 cm³/mol. The van der Waals surface area contributed by atoms with Crippen LogP contribution >= 0.6 is 11.6 Å². The van der Waals surface area contributed by atoms with Crippen molar-refractivity contribution in [3.8, 4) is 6.07 Å². The van der Waals surface area contributed by atoms with Gasteiger partial charge in [-0.1, -0.05) is 24.6 Å². The Hall–Kier alpha value is -1.24. The first-order valence-electron chi connectivity index (χ1n) is 5.26. The summed E-state index contributed by atoms with van der Waals surface area (Å²) in [4.78, 5) is 0. The highest BCUT2D eigenvalue weighted by Crippen LogP contribution is 2.23. The molecule has 0 saturated heterocycles. The molecule has 0 aliphatic carbocycles. The van der Waals surface area contributed by atoms with Gasteiger partial charge >= 0.3 is 0 Å². The van der Waals surface area contributed by atoms with Gasteiger partial charge in [-0.15, -0.1) is 0 Å². The fourth-order valence-electron chi connectivity index (χ4n) is 1.49. The molecule has 4 heteroatoms. The average molecular weight is 238 g/mol. The molecule has 0 heterocycles. The van der Waals surface area contributed by atoms with E-state index in [1.807, 2.05) is 19.2 Å². The summed E-state index contributed by atoms with van der Waals surface area (Å²) in [6.07, 6.45) is 0. The molecule has 0 saturated carbocycles. The van der Waals surface area contributed by atoms with E-state index in [0.717, 1.165) is 18.8 Å². The predicted octanol–water partition coefficient (Wildman–Crippen LogP) is 2.48. The first-order valence-corrected chi connectivity index (χ1v) is 5.64. The van der Waals surface area contributed by atoms with Crippen LogP contribution in [0.2, 0.25) is 5.02 Å². The minimum Gasteiger partial charge on any atom is -0.384 e. The highest BCUT2D eigenvalue weighted by molar-refractivity contribution is 6.32. The van der Waals surface area contributed by atoms with Crippen LogP contribution in [0.1, 0.15) is 12.5 Å². The molecule has 0 amide bonds. The van der Waals surface area contributed by atoms with Crippen molar-refractivity contribution in [3.05, 3.63) is 28.8 Å². The topological polar surface area (TPSA) is 47.8 Å². The zero-order valence-corrected chi connectivity index (χ0v) is 10.3. The molecular weight excluding hydrogens is 222 g/mol. The van der Waals surface area contributed by atoms with Crippen LogP contribution in [-0.4, -0.2) is 20.1 Å². The molecule has 3 nitrogen and oxygen atoms in total. The van der Waals surface area contributed by atoms with Crippen molar-refractivity contribution in [1.29, 1.82) is 5.26 Å². The molecule has 86 valence electrons. The molecule has 1 aromatic rings.